The molecule has 2 aromatic heterocycles. The van der Waals surface area contributed by atoms with Gasteiger partial charge in [-0.05, 0) is 47.2 Å². The first-order valence-corrected chi connectivity index (χ1v) is 7.54. The third kappa shape index (κ3) is 2.11. The first kappa shape index (κ1) is 13.2. The second-order valence-corrected chi connectivity index (χ2v) is 6.30. The second kappa shape index (κ2) is 4.97. The molecule has 1 aliphatic rings. The Morgan fingerprint density at radius 1 is 1.50 bits per heavy atom. The van der Waals surface area contributed by atoms with Gasteiger partial charge in [-0.1, -0.05) is 12.8 Å². The zero-order chi connectivity index (χ0) is 14.2. The molecule has 7 heteroatoms. The highest BCUT2D eigenvalue weighted by molar-refractivity contribution is 7.13. The van der Waals surface area contributed by atoms with Crippen LogP contribution in [-0.2, 0) is 11.3 Å². The number of hydrogen-bond donors (Lipinski definition) is 1. The van der Waals surface area contributed by atoms with E-state index >= 15 is 0 Å². The zero-order valence-electron chi connectivity index (χ0n) is 11.2. The van der Waals surface area contributed by atoms with Crippen LogP contribution < -0.4 is 0 Å². The lowest BCUT2D eigenvalue weighted by Gasteiger charge is -2.23. The number of tetrazole rings is 1. The molecular weight excluding hydrogens is 276 g/mol. The van der Waals surface area contributed by atoms with Crippen LogP contribution in [0.2, 0.25) is 0 Å². The van der Waals surface area contributed by atoms with Gasteiger partial charge in [0.25, 0.3) is 0 Å². The van der Waals surface area contributed by atoms with Crippen LogP contribution >= 0.6 is 11.3 Å². The number of rotatable bonds is 4. The molecule has 1 saturated carbocycles. The lowest BCUT2D eigenvalue weighted by Crippen LogP contribution is -2.33. The third-order valence-corrected chi connectivity index (χ3v) is 5.08. The summed E-state index contributed by atoms with van der Waals surface area (Å²) < 4.78 is 1.65. The molecule has 1 aliphatic carbocycles. The summed E-state index contributed by atoms with van der Waals surface area (Å²) in [6, 6.07) is 2.02. The monoisotopic (exact) mass is 292 g/mol. The number of aliphatic carboxylic acids is 1. The molecule has 3 rings (SSSR count). The maximum Gasteiger partial charge on any atom is 0.311 e. The highest BCUT2D eigenvalue weighted by Crippen LogP contribution is 2.40. The summed E-state index contributed by atoms with van der Waals surface area (Å²) in [5, 5.41) is 23.4. The largest absolute Gasteiger partial charge is 0.481 e. The van der Waals surface area contributed by atoms with Crippen molar-refractivity contribution in [3.63, 3.8) is 0 Å². The summed E-state index contributed by atoms with van der Waals surface area (Å²) in [7, 11) is 0. The third-order valence-electron chi connectivity index (χ3n) is 4.06. The number of aromatic nitrogens is 4. The number of aryl methyl sites for hydroxylation is 1. The van der Waals surface area contributed by atoms with Crippen LogP contribution in [0.25, 0.3) is 10.7 Å². The Labute approximate surface area is 120 Å². The van der Waals surface area contributed by atoms with E-state index in [9.17, 15) is 9.90 Å². The first-order valence-electron chi connectivity index (χ1n) is 6.66. The van der Waals surface area contributed by atoms with Crippen molar-refractivity contribution in [1.82, 2.24) is 20.2 Å². The predicted molar refractivity (Wildman–Crippen MR) is 74.4 cm³/mol. The number of carbonyl (C=O) groups is 1. The predicted octanol–water partition coefficient (Wildman–Crippen LogP) is 2.36. The van der Waals surface area contributed by atoms with Gasteiger partial charge in [0.2, 0.25) is 0 Å². The molecule has 0 aliphatic heterocycles. The Hall–Kier alpha value is -1.76. The van der Waals surface area contributed by atoms with Crippen LogP contribution in [0.4, 0.5) is 0 Å². The Balaban J connectivity index is 1.94. The van der Waals surface area contributed by atoms with Crippen molar-refractivity contribution in [1.29, 1.82) is 0 Å². The molecule has 0 amide bonds. The van der Waals surface area contributed by atoms with E-state index in [2.05, 4.69) is 15.5 Å². The van der Waals surface area contributed by atoms with E-state index in [-0.39, 0.29) is 0 Å². The molecule has 2 heterocycles. The molecule has 1 N–H and O–H groups in total. The lowest BCUT2D eigenvalue weighted by atomic mass is 9.86. The van der Waals surface area contributed by atoms with E-state index in [0.717, 1.165) is 23.3 Å². The Morgan fingerprint density at radius 2 is 2.25 bits per heavy atom. The van der Waals surface area contributed by atoms with Gasteiger partial charge in [-0.2, -0.15) is 0 Å². The maximum atomic E-state index is 11.6. The van der Waals surface area contributed by atoms with Crippen LogP contribution in [0.1, 0.15) is 31.2 Å². The van der Waals surface area contributed by atoms with Gasteiger partial charge in [0, 0.05) is 0 Å². The van der Waals surface area contributed by atoms with Gasteiger partial charge in [0.05, 0.1) is 16.8 Å². The van der Waals surface area contributed by atoms with E-state index < -0.39 is 11.4 Å². The minimum atomic E-state index is -0.737. The molecule has 0 radical (unpaired) electrons. The summed E-state index contributed by atoms with van der Waals surface area (Å²) in [6.45, 7) is 2.36. The first-order chi connectivity index (χ1) is 9.62. The minimum Gasteiger partial charge on any atom is -0.481 e. The van der Waals surface area contributed by atoms with Gasteiger partial charge in [-0.15, -0.1) is 16.4 Å². The van der Waals surface area contributed by atoms with Crippen molar-refractivity contribution in [3.05, 3.63) is 17.0 Å². The van der Waals surface area contributed by atoms with Crippen molar-refractivity contribution < 1.29 is 9.90 Å². The van der Waals surface area contributed by atoms with Crippen LogP contribution in [0.3, 0.4) is 0 Å². The summed E-state index contributed by atoms with van der Waals surface area (Å²) in [5.41, 5.74) is 0.400. The van der Waals surface area contributed by atoms with Crippen LogP contribution in [0.5, 0.6) is 0 Å². The molecular formula is C13H16N4O2S. The molecule has 0 spiro atoms. The average Bonchev–Trinajstić information content (AvgIpc) is 3.11. The quantitative estimate of drug-likeness (QED) is 0.935. The summed E-state index contributed by atoms with van der Waals surface area (Å²) >= 11 is 1.58. The number of carboxylic acids is 1. The van der Waals surface area contributed by atoms with Gasteiger partial charge in [-0.25, -0.2) is 4.68 Å². The minimum absolute atomic E-state index is 0.349. The van der Waals surface area contributed by atoms with E-state index in [1.54, 1.807) is 16.0 Å². The van der Waals surface area contributed by atoms with E-state index in [1.807, 2.05) is 18.4 Å². The number of carboxylic acid groups (broad SMARTS) is 1. The van der Waals surface area contributed by atoms with Crippen molar-refractivity contribution in [2.45, 2.75) is 39.2 Å². The molecule has 106 valence electrons. The standard InChI is InChI=1S/C13H16N4O2S/c1-9-4-7-20-10(9)11-14-15-16-17(11)8-13(12(18)19)5-2-3-6-13/h4,7H,2-3,5-6,8H2,1H3,(H,18,19). The summed E-state index contributed by atoms with van der Waals surface area (Å²) in [4.78, 5) is 12.6. The van der Waals surface area contributed by atoms with Gasteiger partial charge >= 0.3 is 5.97 Å². The number of thiophene rings is 1. The summed E-state index contributed by atoms with van der Waals surface area (Å²) in [6.07, 6.45) is 3.32. The Kier molecular flexibility index (Phi) is 3.29. The van der Waals surface area contributed by atoms with Gasteiger partial charge in [0.15, 0.2) is 5.82 Å². The second-order valence-electron chi connectivity index (χ2n) is 5.39. The highest BCUT2D eigenvalue weighted by Gasteiger charge is 2.42. The van der Waals surface area contributed by atoms with Crippen molar-refractivity contribution >= 4 is 17.3 Å². The molecule has 0 atom stereocenters. The SMILES string of the molecule is Cc1ccsc1-c1nnnn1CC1(C(=O)O)CCCC1. The fourth-order valence-electron chi connectivity index (χ4n) is 2.85. The average molecular weight is 292 g/mol. The molecule has 1 fully saturated rings. The molecule has 0 saturated heterocycles. The summed E-state index contributed by atoms with van der Waals surface area (Å²) in [5.74, 6) is -0.0654. The Bertz CT molecular complexity index is 628. The molecule has 20 heavy (non-hydrogen) atoms. The fourth-order valence-corrected chi connectivity index (χ4v) is 3.77. The lowest BCUT2D eigenvalue weighted by molar-refractivity contribution is -0.149. The maximum absolute atomic E-state index is 11.6. The Morgan fingerprint density at radius 3 is 2.85 bits per heavy atom. The topological polar surface area (TPSA) is 80.9 Å². The molecule has 0 aromatic carbocycles. The molecule has 0 unspecified atom stereocenters. The van der Waals surface area contributed by atoms with E-state index in [4.69, 9.17) is 0 Å². The molecule has 6 nitrogen and oxygen atoms in total. The zero-order valence-corrected chi connectivity index (χ0v) is 12.1. The van der Waals surface area contributed by atoms with E-state index in [0.29, 0.717) is 25.2 Å². The van der Waals surface area contributed by atoms with Crippen LogP contribution in [0, 0.1) is 12.3 Å². The van der Waals surface area contributed by atoms with Crippen molar-refractivity contribution in [2.24, 2.45) is 5.41 Å². The normalized spacial score (nSPS) is 17.4. The van der Waals surface area contributed by atoms with Crippen LogP contribution in [-0.4, -0.2) is 31.3 Å². The number of nitrogens with zero attached hydrogens (tertiary/aromatic N) is 4. The highest BCUT2D eigenvalue weighted by atomic mass is 32.1. The van der Waals surface area contributed by atoms with Gasteiger partial charge in [0.1, 0.15) is 0 Å². The van der Waals surface area contributed by atoms with Crippen molar-refractivity contribution in [3.8, 4) is 10.7 Å². The fraction of sp³-hybridized carbons (Fsp3) is 0.538. The van der Waals surface area contributed by atoms with Gasteiger partial charge < -0.3 is 5.11 Å². The van der Waals surface area contributed by atoms with E-state index in [1.165, 1.54) is 0 Å². The number of hydrogen-bond acceptors (Lipinski definition) is 5. The molecule has 2 aromatic rings. The van der Waals surface area contributed by atoms with Crippen molar-refractivity contribution in [2.75, 3.05) is 0 Å². The molecule has 0 bridgehead atoms. The smallest absolute Gasteiger partial charge is 0.311 e. The van der Waals surface area contributed by atoms with Gasteiger partial charge in [-0.3, -0.25) is 4.79 Å². The van der Waals surface area contributed by atoms with Crippen LogP contribution in [0.15, 0.2) is 11.4 Å².